The van der Waals surface area contributed by atoms with Crippen molar-refractivity contribution >= 4 is 34.9 Å². The molecule has 4 rings (SSSR count). The number of phenols is 1. The Morgan fingerprint density at radius 2 is 2.12 bits per heavy atom. The Bertz CT molecular complexity index is 1140. The van der Waals surface area contributed by atoms with Crippen molar-refractivity contribution in [1.82, 2.24) is 5.32 Å². The summed E-state index contributed by atoms with van der Waals surface area (Å²) in [7, 11) is 1.48. The van der Waals surface area contributed by atoms with E-state index in [-0.39, 0.29) is 17.5 Å². The lowest BCUT2D eigenvalue weighted by Gasteiger charge is -2.36. The second-order valence-corrected chi connectivity index (χ2v) is 10.7. The highest BCUT2D eigenvalue weighted by atomic mass is 32.2. The number of hydrogen-bond donors (Lipinski definition) is 2. The summed E-state index contributed by atoms with van der Waals surface area (Å²) in [6.45, 7) is 4.22. The van der Waals surface area contributed by atoms with Crippen molar-refractivity contribution in [3.63, 3.8) is 0 Å². The number of ether oxygens (including phenoxy) is 2. The highest BCUT2D eigenvalue weighted by Gasteiger charge is 2.41. The molecule has 6 nitrogen and oxygen atoms in total. The maximum atomic E-state index is 13.6. The van der Waals surface area contributed by atoms with E-state index in [9.17, 15) is 14.7 Å². The van der Waals surface area contributed by atoms with Gasteiger partial charge in [0.25, 0.3) is 0 Å². The molecular formula is C26H29NO5S2. The second kappa shape index (κ2) is 10.7. The van der Waals surface area contributed by atoms with Crippen LogP contribution in [0, 0.1) is 0 Å². The van der Waals surface area contributed by atoms with Gasteiger partial charge in [-0.2, -0.15) is 11.8 Å². The summed E-state index contributed by atoms with van der Waals surface area (Å²) >= 11 is 3.36. The van der Waals surface area contributed by atoms with Crippen LogP contribution in [0.5, 0.6) is 11.5 Å². The zero-order valence-electron chi connectivity index (χ0n) is 19.6. The average molecular weight is 500 g/mol. The van der Waals surface area contributed by atoms with Crippen LogP contribution in [0.3, 0.4) is 0 Å². The zero-order valence-corrected chi connectivity index (χ0v) is 21.2. The van der Waals surface area contributed by atoms with Crippen LogP contribution in [0.15, 0.2) is 58.3 Å². The maximum Gasteiger partial charge on any atom is 0.336 e. The van der Waals surface area contributed by atoms with Gasteiger partial charge in [0.1, 0.15) is 6.61 Å². The number of methoxy groups -OCH3 is 1. The minimum atomic E-state index is -0.589. The third-order valence-corrected chi connectivity index (χ3v) is 8.09. The number of aromatic hydroxyl groups is 1. The minimum absolute atomic E-state index is 0.00327. The molecular weight excluding hydrogens is 470 g/mol. The molecule has 2 aromatic rings. The summed E-state index contributed by atoms with van der Waals surface area (Å²) in [5.41, 5.74) is 3.27. The molecule has 1 aliphatic heterocycles. The van der Waals surface area contributed by atoms with Crippen LogP contribution in [-0.2, 0) is 14.3 Å². The van der Waals surface area contributed by atoms with Gasteiger partial charge in [0.15, 0.2) is 17.3 Å². The molecule has 1 aliphatic carbocycles. The fourth-order valence-electron chi connectivity index (χ4n) is 4.66. The summed E-state index contributed by atoms with van der Waals surface area (Å²) in [5, 5.41) is 15.5. The Kier molecular flexibility index (Phi) is 7.68. The third kappa shape index (κ3) is 4.88. The van der Waals surface area contributed by atoms with Crippen molar-refractivity contribution < 1.29 is 24.2 Å². The number of thiophene rings is 1. The Balaban J connectivity index is 1.75. The van der Waals surface area contributed by atoms with Crippen molar-refractivity contribution in [3.8, 4) is 11.5 Å². The number of esters is 1. The van der Waals surface area contributed by atoms with Gasteiger partial charge in [0.05, 0.1) is 12.7 Å². The molecule has 2 N–H and O–H groups in total. The standard InChI is InChI=1S/C26H29NO5S2/c1-4-33-11-9-32-26(30)23-15(2)27-18-12-17(22-6-5-10-34-22)13-20(29)25(18)24(23)16-7-8-19(28)21(14-16)31-3/h5-8,10,14,17,24,27-28H,4,9,11-13H2,1-3H3/t17-,24-/m1/s1. The second-order valence-electron chi connectivity index (χ2n) is 8.30. The number of Topliss-reactive ketones (excluding diaryl/α,β-unsaturated/α-hetero) is 1. The van der Waals surface area contributed by atoms with E-state index >= 15 is 0 Å². The molecule has 0 amide bonds. The zero-order chi connectivity index (χ0) is 24.2. The molecule has 0 unspecified atom stereocenters. The fourth-order valence-corrected chi connectivity index (χ4v) is 5.98. The first-order valence-corrected chi connectivity index (χ1v) is 13.4. The van der Waals surface area contributed by atoms with Crippen LogP contribution < -0.4 is 10.1 Å². The normalized spacial score (nSPS) is 20.1. The van der Waals surface area contributed by atoms with Gasteiger partial charge in [-0.3, -0.25) is 4.79 Å². The predicted octanol–water partition coefficient (Wildman–Crippen LogP) is 5.12. The van der Waals surface area contributed by atoms with Gasteiger partial charge in [-0.15, -0.1) is 11.3 Å². The molecule has 0 saturated heterocycles. The van der Waals surface area contributed by atoms with Crippen LogP contribution in [0.1, 0.15) is 49.0 Å². The third-order valence-electron chi connectivity index (χ3n) is 6.20. The van der Waals surface area contributed by atoms with Gasteiger partial charge >= 0.3 is 5.97 Å². The molecule has 0 bridgehead atoms. The number of carbonyl (C=O) groups is 2. The molecule has 8 heteroatoms. The first-order chi connectivity index (χ1) is 16.4. The van der Waals surface area contributed by atoms with Crippen LogP contribution >= 0.6 is 23.1 Å². The van der Waals surface area contributed by atoms with E-state index < -0.39 is 11.9 Å². The van der Waals surface area contributed by atoms with Crippen LogP contribution in [0.4, 0.5) is 0 Å². The van der Waals surface area contributed by atoms with Crippen molar-refractivity contribution in [2.45, 2.75) is 38.5 Å². The number of hydrogen-bond acceptors (Lipinski definition) is 8. The summed E-state index contributed by atoms with van der Waals surface area (Å²) in [4.78, 5) is 28.0. The number of phenolic OH excluding ortho intramolecular Hbond substituents is 1. The van der Waals surface area contributed by atoms with Crippen LogP contribution in [0.2, 0.25) is 0 Å². The predicted molar refractivity (Wildman–Crippen MR) is 136 cm³/mol. The molecule has 1 aromatic heterocycles. The number of benzene rings is 1. The molecule has 180 valence electrons. The van der Waals surface area contributed by atoms with E-state index in [4.69, 9.17) is 9.47 Å². The summed E-state index contributed by atoms with van der Waals surface area (Å²) < 4.78 is 10.9. The van der Waals surface area contributed by atoms with Crippen molar-refractivity contribution in [3.05, 3.63) is 68.7 Å². The number of allylic oxidation sites excluding steroid dienone is 3. The summed E-state index contributed by atoms with van der Waals surface area (Å²) in [6.07, 6.45) is 1.08. The summed E-state index contributed by atoms with van der Waals surface area (Å²) in [5.74, 6) is 1.07. The largest absolute Gasteiger partial charge is 0.504 e. The van der Waals surface area contributed by atoms with Crippen molar-refractivity contribution in [1.29, 1.82) is 0 Å². The highest BCUT2D eigenvalue weighted by molar-refractivity contribution is 7.99. The molecule has 34 heavy (non-hydrogen) atoms. The van der Waals surface area contributed by atoms with E-state index in [1.54, 1.807) is 35.2 Å². The van der Waals surface area contributed by atoms with Crippen molar-refractivity contribution in [2.75, 3.05) is 25.2 Å². The first kappa shape index (κ1) is 24.4. The van der Waals surface area contributed by atoms with E-state index in [0.29, 0.717) is 47.6 Å². The van der Waals surface area contributed by atoms with E-state index in [1.807, 2.05) is 18.4 Å². The van der Waals surface area contributed by atoms with E-state index in [1.165, 1.54) is 18.1 Å². The van der Waals surface area contributed by atoms with Gasteiger partial charge in [-0.25, -0.2) is 4.79 Å². The smallest absolute Gasteiger partial charge is 0.336 e. The fraction of sp³-hybridized carbons (Fsp3) is 0.385. The Labute approximate surface area is 208 Å². The number of rotatable bonds is 8. The minimum Gasteiger partial charge on any atom is -0.504 e. The number of nitrogens with one attached hydrogen (secondary N) is 1. The quantitative estimate of drug-likeness (QED) is 0.385. The van der Waals surface area contributed by atoms with Gasteiger partial charge in [0.2, 0.25) is 0 Å². The first-order valence-electron chi connectivity index (χ1n) is 11.3. The van der Waals surface area contributed by atoms with Gasteiger partial charge in [-0.05, 0) is 48.2 Å². The lowest BCUT2D eigenvalue weighted by molar-refractivity contribution is -0.138. The van der Waals surface area contributed by atoms with Gasteiger partial charge < -0.3 is 19.9 Å². The lowest BCUT2D eigenvalue weighted by atomic mass is 9.72. The molecule has 0 spiro atoms. The Morgan fingerprint density at radius 1 is 1.29 bits per heavy atom. The van der Waals surface area contributed by atoms with E-state index in [0.717, 1.165) is 17.2 Å². The van der Waals surface area contributed by atoms with Crippen LogP contribution in [0.25, 0.3) is 0 Å². The van der Waals surface area contributed by atoms with Crippen molar-refractivity contribution in [2.24, 2.45) is 0 Å². The number of ketones is 1. The van der Waals surface area contributed by atoms with Gasteiger partial charge in [-0.1, -0.05) is 19.1 Å². The average Bonchev–Trinajstić information content (AvgIpc) is 3.36. The number of dihydropyridines is 1. The molecule has 2 aliphatic rings. The molecule has 2 heterocycles. The van der Waals surface area contributed by atoms with Gasteiger partial charge in [0, 0.05) is 45.9 Å². The Hall–Kier alpha value is -2.71. The van der Waals surface area contributed by atoms with E-state index in [2.05, 4.69) is 18.3 Å². The lowest BCUT2D eigenvalue weighted by Crippen LogP contribution is -2.36. The molecule has 1 aromatic carbocycles. The maximum absolute atomic E-state index is 13.6. The topological polar surface area (TPSA) is 84.9 Å². The highest BCUT2D eigenvalue weighted by Crippen LogP contribution is 2.47. The molecule has 0 saturated carbocycles. The molecule has 2 atom stereocenters. The number of carbonyl (C=O) groups excluding carboxylic acids is 2. The summed E-state index contributed by atoms with van der Waals surface area (Å²) in [6, 6.07) is 9.05. The Morgan fingerprint density at radius 3 is 2.82 bits per heavy atom. The van der Waals surface area contributed by atoms with Crippen LogP contribution in [-0.4, -0.2) is 42.1 Å². The monoisotopic (exact) mass is 499 g/mol. The SMILES string of the molecule is CCSCCOC(=O)C1=C(C)NC2=C(C(=O)C[C@H](c3cccs3)C2)[C@@H]1c1ccc(O)c(OC)c1. The number of thioether (sulfide) groups is 1. The molecule has 0 radical (unpaired) electrons. The molecule has 0 fully saturated rings.